The molecule has 0 saturated carbocycles. The van der Waals surface area contributed by atoms with Crippen molar-refractivity contribution >= 4 is 63.0 Å². The van der Waals surface area contributed by atoms with Gasteiger partial charge < -0.3 is 14.8 Å². The Morgan fingerprint density at radius 2 is 2.04 bits per heavy atom. The number of carbonyl (C=O) groups is 2. The number of hydrogen-bond donors (Lipinski definition) is 1. The van der Waals surface area contributed by atoms with Crippen LogP contribution in [-0.2, 0) is 27.3 Å². The second kappa shape index (κ2) is 7.38. The lowest BCUT2D eigenvalue weighted by Crippen LogP contribution is -2.34. The van der Waals surface area contributed by atoms with Crippen LogP contribution >= 0.6 is 46.1 Å². The molecule has 1 aliphatic heterocycles. The molecular formula is C15H18Cl3NO4S. The van der Waals surface area contributed by atoms with E-state index >= 15 is 0 Å². The van der Waals surface area contributed by atoms with E-state index in [1.807, 2.05) is 13.8 Å². The molecular weight excluding hydrogens is 397 g/mol. The smallest absolute Gasteiger partial charge is 0.341 e. The summed E-state index contributed by atoms with van der Waals surface area (Å²) in [6, 6.07) is 0. The maximum absolute atomic E-state index is 12.4. The van der Waals surface area contributed by atoms with Gasteiger partial charge in [0.15, 0.2) is 0 Å². The zero-order valence-corrected chi connectivity index (χ0v) is 16.6. The van der Waals surface area contributed by atoms with Crippen molar-refractivity contribution in [2.24, 2.45) is 0 Å². The third-order valence-corrected chi connectivity index (χ3v) is 5.54. The normalized spacial score (nSPS) is 20.4. The highest BCUT2D eigenvalue weighted by atomic mass is 35.6. The Bertz CT molecular complexity index is 656. The average molecular weight is 415 g/mol. The Labute approximate surface area is 159 Å². The van der Waals surface area contributed by atoms with Crippen LogP contribution in [0.25, 0.3) is 0 Å². The summed E-state index contributed by atoms with van der Waals surface area (Å²) >= 11 is 18.0. The molecule has 0 spiro atoms. The number of rotatable bonds is 4. The van der Waals surface area contributed by atoms with Crippen molar-refractivity contribution in [1.82, 2.24) is 0 Å². The number of carbonyl (C=O) groups excluding carboxylic acids is 2. The van der Waals surface area contributed by atoms with E-state index in [1.54, 1.807) is 6.92 Å². The summed E-state index contributed by atoms with van der Waals surface area (Å²) in [4.78, 5) is 25.3. The molecule has 1 atom stereocenters. The Kier molecular flexibility index (Phi) is 6.08. The highest BCUT2D eigenvalue weighted by Crippen LogP contribution is 2.42. The van der Waals surface area contributed by atoms with E-state index in [1.165, 1.54) is 11.3 Å². The molecule has 1 unspecified atom stereocenters. The van der Waals surface area contributed by atoms with E-state index in [0.29, 0.717) is 23.6 Å². The molecule has 5 nitrogen and oxygen atoms in total. The lowest BCUT2D eigenvalue weighted by molar-refractivity contribution is -0.115. The molecule has 1 aliphatic rings. The minimum Gasteiger partial charge on any atom is -0.462 e. The number of halogens is 3. The lowest BCUT2D eigenvalue weighted by atomic mass is 9.89. The molecule has 0 radical (unpaired) electrons. The standard InChI is InChI=1S/C15H18Cl3NO4S/c1-4-14(3)6-8-9(7-23-14)24-11(10(8)12(20)22-5-2)19-13(21)15(16,17)18/h4-7H2,1-3H3,(H,19,21). The van der Waals surface area contributed by atoms with Gasteiger partial charge in [0.25, 0.3) is 9.70 Å². The first-order chi connectivity index (χ1) is 11.1. The maximum atomic E-state index is 12.4. The lowest BCUT2D eigenvalue weighted by Gasteiger charge is -2.33. The fourth-order valence-corrected chi connectivity index (χ4v) is 3.64. The first-order valence-corrected chi connectivity index (χ1v) is 9.40. The van der Waals surface area contributed by atoms with Crippen molar-refractivity contribution in [2.75, 3.05) is 11.9 Å². The highest BCUT2D eigenvalue weighted by molar-refractivity contribution is 7.17. The minimum absolute atomic E-state index is 0.225. The number of anilines is 1. The van der Waals surface area contributed by atoms with E-state index < -0.39 is 15.7 Å². The van der Waals surface area contributed by atoms with Crippen LogP contribution in [-0.4, -0.2) is 27.9 Å². The summed E-state index contributed by atoms with van der Waals surface area (Å²) in [6.45, 7) is 6.31. The summed E-state index contributed by atoms with van der Waals surface area (Å²) < 4.78 is 8.91. The van der Waals surface area contributed by atoms with Gasteiger partial charge in [0, 0.05) is 11.3 Å². The molecule has 0 fully saturated rings. The van der Waals surface area contributed by atoms with E-state index in [2.05, 4.69) is 5.32 Å². The fraction of sp³-hybridized carbons (Fsp3) is 0.600. The quantitative estimate of drug-likeness (QED) is 0.583. The third-order valence-electron chi connectivity index (χ3n) is 3.91. The summed E-state index contributed by atoms with van der Waals surface area (Å²) in [5, 5.41) is 2.84. The Balaban J connectivity index is 2.45. The van der Waals surface area contributed by atoms with Gasteiger partial charge in [-0.25, -0.2) is 4.79 Å². The number of thiophene rings is 1. The summed E-state index contributed by atoms with van der Waals surface area (Å²) in [7, 11) is 0. The van der Waals surface area contributed by atoms with E-state index in [4.69, 9.17) is 44.3 Å². The van der Waals surface area contributed by atoms with Gasteiger partial charge in [-0.05, 0) is 25.8 Å². The summed E-state index contributed by atoms with van der Waals surface area (Å²) in [6.07, 6.45) is 1.34. The summed E-state index contributed by atoms with van der Waals surface area (Å²) in [5.74, 6) is -1.33. The molecule has 0 aliphatic carbocycles. The molecule has 0 aromatic carbocycles. The molecule has 1 N–H and O–H groups in total. The van der Waals surface area contributed by atoms with Gasteiger partial charge in [0.1, 0.15) is 5.00 Å². The molecule has 9 heteroatoms. The van der Waals surface area contributed by atoms with Crippen molar-refractivity contribution in [3.8, 4) is 0 Å². The second-order valence-corrected chi connectivity index (χ2v) is 9.04. The molecule has 1 aromatic heterocycles. The number of fused-ring (bicyclic) bond motifs is 1. The fourth-order valence-electron chi connectivity index (χ4n) is 2.39. The van der Waals surface area contributed by atoms with Crippen LogP contribution in [0, 0.1) is 0 Å². The first kappa shape index (κ1) is 19.8. The van der Waals surface area contributed by atoms with Crippen molar-refractivity contribution < 1.29 is 19.1 Å². The van der Waals surface area contributed by atoms with Gasteiger partial charge in [-0.3, -0.25) is 4.79 Å². The molecule has 2 heterocycles. The number of nitrogens with one attached hydrogen (secondary N) is 1. The minimum atomic E-state index is -2.12. The monoisotopic (exact) mass is 413 g/mol. The predicted molar refractivity (Wildman–Crippen MR) is 96.4 cm³/mol. The first-order valence-electron chi connectivity index (χ1n) is 7.45. The van der Waals surface area contributed by atoms with Crippen LogP contribution in [0.4, 0.5) is 5.00 Å². The van der Waals surface area contributed by atoms with Gasteiger partial charge in [0.05, 0.1) is 24.4 Å². The number of alkyl halides is 3. The topological polar surface area (TPSA) is 64.6 Å². The van der Waals surface area contributed by atoms with Gasteiger partial charge in [-0.2, -0.15) is 0 Å². The van der Waals surface area contributed by atoms with Gasteiger partial charge in [-0.15, -0.1) is 11.3 Å². The molecule has 1 amide bonds. The van der Waals surface area contributed by atoms with Crippen LogP contribution in [0.15, 0.2) is 0 Å². The van der Waals surface area contributed by atoms with E-state index in [-0.39, 0.29) is 12.2 Å². The SMILES string of the molecule is CCOC(=O)c1c(NC(=O)C(Cl)(Cl)Cl)sc2c1CC(C)(CC)OC2. The van der Waals surface area contributed by atoms with Crippen LogP contribution in [0.1, 0.15) is 48.0 Å². The number of ether oxygens (including phenoxy) is 2. The zero-order chi connectivity index (χ0) is 18.1. The Morgan fingerprint density at radius 1 is 1.38 bits per heavy atom. The maximum Gasteiger partial charge on any atom is 0.341 e. The second-order valence-electron chi connectivity index (χ2n) is 5.65. The van der Waals surface area contributed by atoms with Crippen LogP contribution in [0.5, 0.6) is 0 Å². The van der Waals surface area contributed by atoms with Gasteiger partial charge in [-0.1, -0.05) is 41.7 Å². The average Bonchev–Trinajstić information content (AvgIpc) is 2.83. The van der Waals surface area contributed by atoms with Crippen molar-refractivity contribution in [3.05, 3.63) is 16.0 Å². The third kappa shape index (κ3) is 4.17. The zero-order valence-electron chi connectivity index (χ0n) is 13.5. The molecule has 0 saturated heterocycles. The van der Waals surface area contributed by atoms with E-state index in [0.717, 1.165) is 16.9 Å². The number of amides is 1. The Morgan fingerprint density at radius 3 is 2.58 bits per heavy atom. The Hall–Kier alpha value is -0.530. The largest absolute Gasteiger partial charge is 0.462 e. The highest BCUT2D eigenvalue weighted by Gasteiger charge is 2.38. The van der Waals surface area contributed by atoms with Crippen LogP contribution in [0.2, 0.25) is 0 Å². The molecule has 1 aromatic rings. The van der Waals surface area contributed by atoms with Crippen molar-refractivity contribution in [2.45, 2.75) is 49.6 Å². The van der Waals surface area contributed by atoms with Crippen molar-refractivity contribution in [1.29, 1.82) is 0 Å². The van der Waals surface area contributed by atoms with Crippen LogP contribution < -0.4 is 5.32 Å². The molecule has 0 bridgehead atoms. The number of esters is 1. The number of hydrogen-bond acceptors (Lipinski definition) is 5. The summed E-state index contributed by atoms with van der Waals surface area (Å²) in [5.41, 5.74) is 0.780. The molecule has 24 heavy (non-hydrogen) atoms. The predicted octanol–water partition coefficient (Wildman–Crippen LogP) is 4.47. The van der Waals surface area contributed by atoms with Crippen molar-refractivity contribution in [3.63, 3.8) is 0 Å². The molecule has 134 valence electrons. The molecule has 2 rings (SSSR count). The van der Waals surface area contributed by atoms with Gasteiger partial charge >= 0.3 is 5.97 Å². The van der Waals surface area contributed by atoms with Crippen LogP contribution in [0.3, 0.4) is 0 Å². The van der Waals surface area contributed by atoms with E-state index in [9.17, 15) is 9.59 Å². The van der Waals surface area contributed by atoms with Gasteiger partial charge in [0.2, 0.25) is 0 Å².